The predicted octanol–water partition coefficient (Wildman–Crippen LogP) is 4.79. The molecule has 3 aromatic carbocycles. The molecular formula is C23H24ClN3O3. The fraction of sp³-hybridized carbons (Fsp3) is 0.174. The van der Waals surface area contributed by atoms with Gasteiger partial charge in [-0.2, -0.15) is 0 Å². The fourth-order valence-corrected chi connectivity index (χ4v) is 3.13. The summed E-state index contributed by atoms with van der Waals surface area (Å²) in [6, 6.07) is 19.9. The largest absolute Gasteiger partial charge is 0.493 e. The van der Waals surface area contributed by atoms with Gasteiger partial charge in [0.2, 0.25) is 0 Å². The Hall–Kier alpha value is -3.38. The van der Waals surface area contributed by atoms with Gasteiger partial charge < -0.3 is 24.8 Å². The van der Waals surface area contributed by atoms with E-state index in [1.54, 1.807) is 7.11 Å². The average molecular weight is 426 g/mol. The van der Waals surface area contributed by atoms with Gasteiger partial charge in [-0.05, 0) is 48.4 Å². The summed E-state index contributed by atoms with van der Waals surface area (Å²) in [6.07, 6.45) is 0. The third kappa shape index (κ3) is 4.96. The number of hydrogen-bond donors (Lipinski definition) is 3. The van der Waals surface area contributed by atoms with Gasteiger partial charge in [0.05, 0.1) is 18.1 Å². The van der Waals surface area contributed by atoms with Crippen LogP contribution >= 0.6 is 12.4 Å². The van der Waals surface area contributed by atoms with Crippen LogP contribution in [0.5, 0.6) is 11.5 Å². The van der Waals surface area contributed by atoms with Gasteiger partial charge in [0.1, 0.15) is 6.61 Å². The van der Waals surface area contributed by atoms with Gasteiger partial charge in [0.25, 0.3) is 0 Å². The molecular weight excluding hydrogens is 402 g/mol. The first-order valence-corrected chi connectivity index (χ1v) is 9.42. The van der Waals surface area contributed by atoms with Crippen molar-refractivity contribution in [3.63, 3.8) is 0 Å². The van der Waals surface area contributed by atoms with Crippen LogP contribution in [0.25, 0.3) is 11.0 Å². The number of nitrogens with one attached hydrogen (secondary N) is 3. The van der Waals surface area contributed by atoms with Crippen molar-refractivity contribution in [2.75, 3.05) is 12.4 Å². The summed E-state index contributed by atoms with van der Waals surface area (Å²) < 4.78 is 11.4. The number of imidazole rings is 1. The van der Waals surface area contributed by atoms with E-state index in [9.17, 15) is 4.79 Å². The molecule has 0 aliphatic carbocycles. The zero-order chi connectivity index (χ0) is 20.2. The van der Waals surface area contributed by atoms with Crippen molar-refractivity contribution in [1.82, 2.24) is 9.97 Å². The lowest BCUT2D eigenvalue weighted by molar-refractivity contribution is 0.284. The predicted molar refractivity (Wildman–Crippen MR) is 122 cm³/mol. The van der Waals surface area contributed by atoms with E-state index in [0.717, 1.165) is 27.8 Å². The molecule has 0 saturated heterocycles. The second-order valence-corrected chi connectivity index (χ2v) is 6.95. The number of halogens is 1. The maximum absolute atomic E-state index is 11.4. The van der Waals surface area contributed by atoms with Crippen LogP contribution in [0.15, 0.2) is 65.5 Å². The van der Waals surface area contributed by atoms with Gasteiger partial charge in [-0.1, -0.05) is 35.9 Å². The topological polar surface area (TPSA) is 79.1 Å². The van der Waals surface area contributed by atoms with E-state index in [2.05, 4.69) is 46.5 Å². The van der Waals surface area contributed by atoms with Crippen molar-refractivity contribution in [3.05, 3.63) is 87.8 Å². The molecule has 6 nitrogen and oxygen atoms in total. The number of fused-ring (bicyclic) bond motifs is 1. The molecule has 4 aromatic rings. The highest BCUT2D eigenvalue weighted by atomic mass is 35.5. The van der Waals surface area contributed by atoms with Crippen molar-refractivity contribution >= 4 is 29.1 Å². The van der Waals surface area contributed by atoms with Crippen molar-refractivity contribution in [2.45, 2.75) is 20.1 Å². The number of H-pyrrole nitrogens is 2. The molecule has 7 heteroatoms. The Morgan fingerprint density at radius 3 is 2.37 bits per heavy atom. The minimum atomic E-state index is -0.205. The summed E-state index contributed by atoms with van der Waals surface area (Å²) in [4.78, 5) is 16.9. The molecule has 3 N–H and O–H groups in total. The molecule has 0 amide bonds. The van der Waals surface area contributed by atoms with Crippen molar-refractivity contribution in [2.24, 2.45) is 0 Å². The molecule has 0 unspecified atom stereocenters. The first-order valence-electron chi connectivity index (χ1n) is 9.42. The molecule has 0 bridgehead atoms. The van der Waals surface area contributed by atoms with Crippen LogP contribution in [-0.4, -0.2) is 17.1 Å². The third-order valence-electron chi connectivity index (χ3n) is 4.76. The van der Waals surface area contributed by atoms with E-state index < -0.39 is 0 Å². The van der Waals surface area contributed by atoms with E-state index in [1.165, 1.54) is 5.56 Å². The van der Waals surface area contributed by atoms with E-state index in [4.69, 9.17) is 9.47 Å². The van der Waals surface area contributed by atoms with Crippen LogP contribution in [0.4, 0.5) is 5.69 Å². The molecule has 4 rings (SSSR count). The maximum Gasteiger partial charge on any atom is 0.323 e. The van der Waals surface area contributed by atoms with Crippen LogP contribution in [0.2, 0.25) is 0 Å². The maximum atomic E-state index is 11.4. The van der Waals surface area contributed by atoms with Crippen LogP contribution < -0.4 is 20.5 Å². The lowest BCUT2D eigenvalue weighted by atomic mass is 10.1. The SMILES string of the molecule is COc1cc(CNc2ccc3[nH]c(=O)[nH]c3c2)ccc1OCc1ccc(C)cc1.Cl. The number of anilines is 1. The molecule has 0 aliphatic heterocycles. The van der Waals surface area contributed by atoms with Crippen LogP contribution in [-0.2, 0) is 13.2 Å². The zero-order valence-electron chi connectivity index (χ0n) is 16.8. The highest BCUT2D eigenvalue weighted by molar-refractivity contribution is 5.85. The van der Waals surface area contributed by atoms with Gasteiger partial charge in [-0.25, -0.2) is 4.79 Å². The Morgan fingerprint density at radius 1 is 0.867 bits per heavy atom. The van der Waals surface area contributed by atoms with Crippen molar-refractivity contribution in [1.29, 1.82) is 0 Å². The summed E-state index contributed by atoms with van der Waals surface area (Å²) in [5, 5.41) is 3.36. The van der Waals surface area contributed by atoms with Crippen LogP contribution in [0, 0.1) is 6.92 Å². The third-order valence-corrected chi connectivity index (χ3v) is 4.76. The number of methoxy groups -OCH3 is 1. The Labute approximate surface area is 180 Å². The Balaban J connectivity index is 0.00000256. The highest BCUT2D eigenvalue weighted by Crippen LogP contribution is 2.29. The first kappa shape index (κ1) is 21.3. The minimum absolute atomic E-state index is 0. The molecule has 0 aliphatic rings. The molecule has 156 valence electrons. The standard InChI is InChI=1S/C23H23N3O3.ClH/c1-15-3-5-16(6-4-15)14-29-21-10-7-17(11-22(21)28-2)13-24-18-8-9-19-20(12-18)26-23(27)25-19;/h3-12,24H,13-14H2,1-2H3,(H2,25,26,27);1H. The molecule has 0 radical (unpaired) electrons. The molecule has 1 heterocycles. The molecule has 0 spiro atoms. The smallest absolute Gasteiger partial charge is 0.323 e. The molecule has 30 heavy (non-hydrogen) atoms. The lowest BCUT2D eigenvalue weighted by Gasteiger charge is -2.13. The zero-order valence-corrected chi connectivity index (χ0v) is 17.6. The second kappa shape index (κ2) is 9.41. The Morgan fingerprint density at radius 2 is 1.60 bits per heavy atom. The lowest BCUT2D eigenvalue weighted by Crippen LogP contribution is -2.02. The second-order valence-electron chi connectivity index (χ2n) is 6.95. The van der Waals surface area contributed by atoms with Gasteiger partial charge in [0.15, 0.2) is 11.5 Å². The Bertz CT molecular complexity index is 1180. The van der Waals surface area contributed by atoms with Gasteiger partial charge in [-0.15, -0.1) is 12.4 Å². The van der Waals surface area contributed by atoms with Gasteiger partial charge in [-0.3, -0.25) is 0 Å². The number of aromatic nitrogens is 2. The summed E-state index contributed by atoms with van der Waals surface area (Å²) in [5.74, 6) is 1.41. The minimum Gasteiger partial charge on any atom is -0.493 e. The van der Waals surface area contributed by atoms with Crippen molar-refractivity contribution < 1.29 is 9.47 Å². The van der Waals surface area contributed by atoms with E-state index in [1.807, 2.05) is 36.4 Å². The normalized spacial score (nSPS) is 10.5. The van der Waals surface area contributed by atoms with Gasteiger partial charge in [0, 0.05) is 12.2 Å². The molecule has 1 aromatic heterocycles. The van der Waals surface area contributed by atoms with Crippen LogP contribution in [0.3, 0.4) is 0 Å². The summed E-state index contributed by atoms with van der Waals surface area (Å²) in [6.45, 7) is 3.17. The van der Waals surface area contributed by atoms with Gasteiger partial charge >= 0.3 is 5.69 Å². The van der Waals surface area contributed by atoms with E-state index >= 15 is 0 Å². The molecule has 0 atom stereocenters. The highest BCUT2D eigenvalue weighted by Gasteiger charge is 2.07. The number of hydrogen-bond acceptors (Lipinski definition) is 4. The van der Waals surface area contributed by atoms with Crippen LogP contribution in [0.1, 0.15) is 16.7 Å². The van der Waals surface area contributed by atoms with E-state index in [-0.39, 0.29) is 18.1 Å². The number of benzene rings is 3. The number of ether oxygens (including phenoxy) is 2. The molecule has 0 saturated carbocycles. The Kier molecular flexibility index (Phi) is 6.69. The number of aryl methyl sites for hydroxylation is 1. The molecule has 0 fully saturated rings. The average Bonchev–Trinajstić information content (AvgIpc) is 3.11. The van der Waals surface area contributed by atoms with Crippen molar-refractivity contribution in [3.8, 4) is 11.5 Å². The summed E-state index contributed by atoms with van der Waals surface area (Å²) in [7, 11) is 1.64. The summed E-state index contributed by atoms with van der Waals surface area (Å²) in [5.41, 5.74) is 5.68. The van der Waals surface area contributed by atoms with E-state index in [0.29, 0.717) is 24.7 Å². The monoisotopic (exact) mass is 425 g/mol. The fourth-order valence-electron chi connectivity index (χ4n) is 3.13. The quantitative estimate of drug-likeness (QED) is 0.398. The number of aromatic amines is 2. The number of rotatable bonds is 7. The first-order chi connectivity index (χ1) is 14.1. The summed E-state index contributed by atoms with van der Waals surface area (Å²) >= 11 is 0.